The van der Waals surface area contributed by atoms with Crippen molar-refractivity contribution in [2.75, 3.05) is 6.54 Å². The summed E-state index contributed by atoms with van der Waals surface area (Å²) in [5.74, 6) is -0.0553. The fraction of sp³-hybridized carbons (Fsp3) is 0.429. The van der Waals surface area contributed by atoms with Crippen molar-refractivity contribution in [3.8, 4) is 0 Å². The van der Waals surface area contributed by atoms with E-state index in [-0.39, 0.29) is 5.91 Å². The van der Waals surface area contributed by atoms with E-state index in [1.165, 1.54) is 12.8 Å². The Morgan fingerprint density at radius 1 is 1.33 bits per heavy atom. The van der Waals surface area contributed by atoms with E-state index < -0.39 is 0 Å². The maximum atomic E-state index is 12.0. The van der Waals surface area contributed by atoms with Crippen molar-refractivity contribution in [2.45, 2.75) is 32.6 Å². The van der Waals surface area contributed by atoms with Crippen molar-refractivity contribution in [2.24, 2.45) is 0 Å². The topological polar surface area (TPSA) is 55.1 Å². The molecule has 0 bridgehead atoms. The van der Waals surface area contributed by atoms with Crippen LogP contribution in [0.4, 0.5) is 0 Å². The lowest BCUT2D eigenvalue weighted by molar-refractivity contribution is 0.0954. The molecule has 96 valence electrons. The number of rotatable bonds is 6. The lowest BCUT2D eigenvalue weighted by Crippen LogP contribution is -2.24. The van der Waals surface area contributed by atoms with Crippen molar-refractivity contribution in [1.29, 1.82) is 0 Å². The minimum absolute atomic E-state index is 0.0553. The molecular weight excluding hydrogens is 228 g/mol. The van der Waals surface area contributed by atoms with Crippen LogP contribution >= 0.6 is 0 Å². The highest BCUT2D eigenvalue weighted by atomic mass is 16.5. The van der Waals surface area contributed by atoms with Gasteiger partial charge in [0.1, 0.15) is 0 Å². The van der Waals surface area contributed by atoms with E-state index in [0.717, 1.165) is 24.8 Å². The summed E-state index contributed by atoms with van der Waals surface area (Å²) >= 11 is 0. The standard InChI is InChI=1S/C14H18N2O2/c1-2-3-4-5-9-15-14(17)11-7-6-8-13-12(11)10-16-18-13/h6-8,10H,2-5,9H2,1H3,(H,15,17). The summed E-state index contributed by atoms with van der Waals surface area (Å²) in [6.45, 7) is 2.89. The normalized spacial score (nSPS) is 10.7. The van der Waals surface area contributed by atoms with E-state index in [1.54, 1.807) is 24.4 Å². The fourth-order valence-electron chi connectivity index (χ4n) is 1.94. The number of nitrogens with one attached hydrogen (secondary N) is 1. The smallest absolute Gasteiger partial charge is 0.252 e. The zero-order valence-corrected chi connectivity index (χ0v) is 10.6. The number of unbranched alkanes of at least 4 members (excludes halogenated alkanes) is 3. The van der Waals surface area contributed by atoms with Gasteiger partial charge in [0.2, 0.25) is 0 Å². The van der Waals surface area contributed by atoms with E-state index in [0.29, 0.717) is 11.1 Å². The molecule has 4 heteroatoms. The molecule has 0 radical (unpaired) electrons. The number of carbonyl (C=O) groups is 1. The molecule has 0 fully saturated rings. The first-order chi connectivity index (χ1) is 8.83. The summed E-state index contributed by atoms with van der Waals surface area (Å²) in [6, 6.07) is 5.40. The molecule has 0 saturated carbocycles. The van der Waals surface area contributed by atoms with Crippen LogP contribution in [-0.4, -0.2) is 17.6 Å². The Bertz CT molecular complexity index is 519. The molecule has 1 aromatic heterocycles. The summed E-state index contributed by atoms with van der Waals surface area (Å²) in [7, 11) is 0. The van der Waals surface area contributed by atoms with Crippen molar-refractivity contribution in [1.82, 2.24) is 10.5 Å². The van der Waals surface area contributed by atoms with E-state index >= 15 is 0 Å². The highest BCUT2D eigenvalue weighted by Crippen LogP contribution is 2.17. The van der Waals surface area contributed by atoms with E-state index in [4.69, 9.17) is 4.52 Å². The minimum atomic E-state index is -0.0553. The molecule has 2 aromatic rings. The van der Waals surface area contributed by atoms with Gasteiger partial charge in [-0.05, 0) is 18.6 Å². The van der Waals surface area contributed by atoms with Crippen LogP contribution in [0.15, 0.2) is 28.9 Å². The minimum Gasteiger partial charge on any atom is -0.356 e. The SMILES string of the molecule is CCCCCCNC(=O)c1cccc2oncc12. The summed E-state index contributed by atoms with van der Waals surface area (Å²) in [4.78, 5) is 12.0. The molecule has 1 aromatic carbocycles. The van der Waals surface area contributed by atoms with E-state index in [2.05, 4.69) is 17.4 Å². The Balaban J connectivity index is 1.94. The molecule has 0 aliphatic heterocycles. The molecular formula is C14H18N2O2. The average molecular weight is 246 g/mol. The molecule has 0 atom stereocenters. The zero-order chi connectivity index (χ0) is 12.8. The Morgan fingerprint density at radius 2 is 2.22 bits per heavy atom. The molecule has 0 unspecified atom stereocenters. The van der Waals surface area contributed by atoms with Crippen LogP contribution in [0.1, 0.15) is 43.0 Å². The maximum Gasteiger partial charge on any atom is 0.252 e. The molecule has 0 spiro atoms. The number of benzene rings is 1. The van der Waals surface area contributed by atoms with Crippen LogP contribution in [-0.2, 0) is 0 Å². The first-order valence-electron chi connectivity index (χ1n) is 6.44. The van der Waals surface area contributed by atoms with Gasteiger partial charge < -0.3 is 9.84 Å². The largest absolute Gasteiger partial charge is 0.356 e. The Hall–Kier alpha value is -1.84. The average Bonchev–Trinajstić information content (AvgIpc) is 2.86. The van der Waals surface area contributed by atoms with Gasteiger partial charge in [0.05, 0.1) is 17.1 Å². The van der Waals surface area contributed by atoms with Crippen molar-refractivity contribution < 1.29 is 9.32 Å². The highest BCUT2D eigenvalue weighted by molar-refractivity contribution is 6.05. The third-order valence-corrected chi connectivity index (χ3v) is 2.96. The maximum absolute atomic E-state index is 12.0. The molecule has 2 rings (SSSR count). The number of nitrogens with zero attached hydrogens (tertiary/aromatic N) is 1. The van der Waals surface area contributed by atoms with Crippen LogP contribution in [0.25, 0.3) is 11.0 Å². The fourth-order valence-corrected chi connectivity index (χ4v) is 1.94. The van der Waals surface area contributed by atoms with Crippen LogP contribution < -0.4 is 5.32 Å². The van der Waals surface area contributed by atoms with Gasteiger partial charge in [-0.2, -0.15) is 0 Å². The third-order valence-electron chi connectivity index (χ3n) is 2.96. The van der Waals surface area contributed by atoms with Gasteiger partial charge in [-0.1, -0.05) is 37.4 Å². The van der Waals surface area contributed by atoms with Gasteiger partial charge in [-0.15, -0.1) is 0 Å². The Kier molecular flexibility index (Phi) is 4.34. The monoisotopic (exact) mass is 246 g/mol. The van der Waals surface area contributed by atoms with Gasteiger partial charge in [0, 0.05) is 6.54 Å². The third kappa shape index (κ3) is 2.88. The molecule has 18 heavy (non-hydrogen) atoms. The Labute approximate surface area is 106 Å². The summed E-state index contributed by atoms with van der Waals surface area (Å²) in [5.41, 5.74) is 1.28. The number of amides is 1. The van der Waals surface area contributed by atoms with E-state index in [1.807, 2.05) is 0 Å². The van der Waals surface area contributed by atoms with Crippen LogP contribution in [0, 0.1) is 0 Å². The number of hydrogen-bond donors (Lipinski definition) is 1. The molecule has 0 aliphatic carbocycles. The quantitative estimate of drug-likeness (QED) is 0.797. The zero-order valence-electron chi connectivity index (χ0n) is 10.6. The second kappa shape index (κ2) is 6.19. The van der Waals surface area contributed by atoms with Gasteiger partial charge in [0.15, 0.2) is 5.58 Å². The molecule has 1 N–H and O–H groups in total. The van der Waals surface area contributed by atoms with Crippen LogP contribution in [0.5, 0.6) is 0 Å². The molecule has 0 aliphatic rings. The number of aromatic nitrogens is 1. The molecule has 1 heterocycles. The molecule has 4 nitrogen and oxygen atoms in total. The van der Waals surface area contributed by atoms with Crippen molar-refractivity contribution >= 4 is 16.9 Å². The summed E-state index contributed by atoms with van der Waals surface area (Å²) < 4.78 is 5.04. The number of fused-ring (bicyclic) bond motifs is 1. The van der Waals surface area contributed by atoms with E-state index in [9.17, 15) is 4.79 Å². The van der Waals surface area contributed by atoms with Crippen LogP contribution in [0.2, 0.25) is 0 Å². The Morgan fingerprint density at radius 3 is 3.06 bits per heavy atom. The van der Waals surface area contributed by atoms with Gasteiger partial charge in [-0.3, -0.25) is 4.79 Å². The molecule has 1 amide bonds. The second-order valence-electron chi connectivity index (χ2n) is 4.36. The van der Waals surface area contributed by atoms with Crippen LogP contribution in [0.3, 0.4) is 0 Å². The first kappa shape index (κ1) is 12.6. The van der Waals surface area contributed by atoms with Gasteiger partial charge in [0.25, 0.3) is 5.91 Å². The predicted octanol–water partition coefficient (Wildman–Crippen LogP) is 3.14. The lowest BCUT2D eigenvalue weighted by Gasteiger charge is -2.05. The lowest BCUT2D eigenvalue weighted by atomic mass is 10.1. The van der Waals surface area contributed by atoms with Gasteiger partial charge >= 0.3 is 0 Å². The summed E-state index contributed by atoms with van der Waals surface area (Å²) in [6.07, 6.45) is 6.19. The first-order valence-corrected chi connectivity index (χ1v) is 6.44. The summed E-state index contributed by atoms with van der Waals surface area (Å²) in [5, 5.41) is 7.41. The number of hydrogen-bond acceptors (Lipinski definition) is 3. The highest BCUT2D eigenvalue weighted by Gasteiger charge is 2.11. The predicted molar refractivity (Wildman–Crippen MR) is 70.5 cm³/mol. The second-order valence-corrected chi connectivity index (χ2v) is 4.36. The van der Waals surface area contributed by atoms with Crippen molar-refractivity contribution in [3.63, 3.8) is 0 Å². The van der Waals surface area contributed by atoms with Gasteiger partial charge in [-0.25, -0.2) is 0 Å². The van der Waals surface area contributed by atoms with Crippen molar-refractivity contribution in [3.05, 3.63) is 30.0 Å². The number of carbonyl (C=O) groups excluding carboxylic acids is 1. The molecule has 0 saturated heterocycles.